The molecule has 15 heteroatoms. The van der Waals surface area contributed by atoms with Crippen LogP contribution in [0.2, 0.25) is 0 Å². The summed E-state index contributed by atoms with van der Waals surface area (Å²) in [6.07, 6.45) is 0.802. The fourth-order valence-corrected chi connectivity index (χ4v) is 5.00. The van der Waals surface area contributed by atoms with Crippen LogP contribution >= 0.6 is 0 Å². The number of amides is 4. The normalized spacial score (nSPS) is 18.5. The number of carbonyl (C=O) groups is 5. The van der Waals surface area contributed by atoms with Crippen molar-refractivity contribution in [2.45, 2.75) is 81.6 Å². The van der Waals surface area contributed by atoms with Gasteiger partial charge in [-0.3, -0.25) is 24.2 Å². The lowest BCUT2D eigenvalue weighted by atomic mass is 9.93. The Morgan fingerprint density at radius 2 is 1.77 bits per heavy atom. The number of benzene rings is 1. The first-order chi connectivity index (χ1) is 20.4. The predicted molar refractivity (Wildman–Crippen MR) is 158 cm³/mol. The number of piperidine rings is 1. The molecule has 5 atom stereocenters. The zero-order valence-electron chi connectivity index (χ0n) is 24.4. The Hall–Kier alpha value is -4.24. The van der Waals surface area contributed by atoms with Gasteiger partial charge in [0.25, 0.3) is 0 Å². The molecule has 238 valence electrons. The molecular weight excluding hydrogens is 560 g/mol. The predicted octanol–water partition coefficient (Wildman–Crippen LogP) is -1.67. The number of methoxy groups -OCH3 is 1. The molecule has 2 rings (SSSR count). The van der Waals surface area contributed by atoms with E-state index in [9.17, 15) is 29.1 Å². The van der Waals surface area contributed by atoms with Gasteiger partial charge in [0.15, 0.2) is 5.96 Å². The van der Waals surface area contributed by atoms with E-state index in [1.165, 1.54) is 12.0 Å². The molecule has 1 aliphatic rings. The third-order valence-electron chi connectivity index (χ3n) is 7.21. The van der Waals surface area contributed by atoms with Crippen molar-refractivity contribution in [3.05, 3.63) is 35.9 Å². The van der Waals surface area contributed by atoms with Crippen molar-refractivity contribution in [3.63, 3.8) is 0 Å². The van der Waals surface area contributed by atoms with Crippen molar-refractivity contribution in [2.24, 2.45) is 27.9 Å². The number of rotatable bonds is 17. The SMILES string of the molecule is CO[C@H]1CCCN(C(=O)[C@H](CCCN=C(N)N)NC(=O)[C@@H](N)Cc2ccccc2)[C@H]1CC(=O)N[C@@H](CCC(N)=O)C(=O)O. The number of nitrogens with two attached hydrogens (primary N) is 4. The lowest BCUT2D eigenvalue weighted by Gasteiger charge is -2.42. The largest absolute Gasteiger partial charge is 0.480 e. The van der Waals surface area contributed by atoms with Crippen LogP contribution in [0.4, 0.5) is 0 Å². The summed E-state index contributed by atoms with van der Waals surface area (Å²) < 4.78 is 5.60. The number of hydrogen-bond donors (Lipinski definition) is 7. The number of nitrogens with zero attached hydrogens (tertiary/aromatic N) is 2. The Morgan fingerprint density at radius 1 is 1.07 bits per heavy atom. The summed E-state index contributed by atoms with van der Waals surface area (Å²) in [4.78, 5) is 68.2. The molecule has 1 aromatic carbocycles. The Morgan fingerprint density at radius 3 is 2.37 bits per heavy atom. The number of guanidine groups is 1. The lowest BCUT2D eigenvalue weighted by molar-refractivity contribution is -0.147. The van der Waals surface area contributed by atoms with Crippen LogP contribution in [-0.2, 0) is 35.1 Å². The molecule has 0 aromatic heterocycles. The zero-order chi connectivity index (χ0) is 31.9. The minimum Gasteiger partial charge on any atom is -0.480 e. The van der Waals surface area contributed by atoms with Gasteiger partial charge in [-0.05, 0) is 44.1 Å². The number of carbonyl (C=O) groups excluding carboxylic acids is 4. The summed E-state index contributed by atoms with van der Waals surface area (Å²) in [5.74, 6) is -3.70. The van der Waals surface area contributed by atoms with Crippen molar-refractivity contribution in [1.29, 1.82) is 0 Å². The minimum atomic E-state index is -1.33. The molecule has 15 nitrogen and oxygen atoms in total. The molecule has 0 radical (unpaired) electrons. The molecule has 0 saturated carbocycles. The van der Waals surface area contributed by atoms with Gasteiger partial charge in [-0.2, -0.15) is 0 Å². The van der Waals surface area contributed by atoms with E-state index in [4.69, 9.17) is 27.7 Å². The summed E-state index contributed by atoms with van der Waals surface area (Å²) in [5, 5.41) is 14.7. The summed E-state index contributed by atoms with van der Waals surface area (Å²) in [7, 11) is 1.47. The summed E-state index contributed by atoms with van der Waals surface area (Å²) in [6.45, 7) is 0.517. The van der Waals surface area contributed by atoms with Crippen LogP contribution in [0.5, 0.6) is 0 Å². The smallest absolute Gasteiger partial charge is 0.326 e. The van der Waals surface area contributed by atoms with E-state index in [-0.39, 0.29) is 51.2 Å². The molecule has 43 heavy (non-hydrogen) atoms. The van der Waals surface area contributed by atoms with Crippen LogP contribution in [0.15, 0.2) is 35.3 Å². The number of aliphatic carboxylic acids is 1. The number of carboxylic acid groups (broad SMARTS) is 1. The standard InChI is InChI=1S/C28H44N8O7/c1-43-22-10-6-14-36(21(22)16-24(38)34-20(27(41)42)11-12-23(30)37)26(40)19(9-5-13-33-28(31)32)35-25(39)18(29)15-17-7-3-2-4-8-17/h2-4,7-8,18-22H,5-6,9-16,29H2,1H3,(H2,30,37)(H,34,38)(H,35,39)(H,41,42)(H4,31,32,33)/t18-,19-,20-,21-,22-/m0/s1. The van der Waals surface area contributed by atoms with Crippen molar-refractivity contribution in [1.82, 2.24) is 15.5 Å². The van der Waals surface area contributed by atoms with Gasteiger partial charge in [0.2, 0.25) is 23.6 Å². The van der Waals surface area contributed by atoms with Crippen molar-refractivity contribution in [3.8, 4) is 0 Å². The molecular formula is C28H44N8O7. The number of carboxylic acids is 1. The molecule has 0 spiro atoms. The van der Waals surface area contributed by atoms with Gasteiger partial charge >= 0.3 is 5.97 Å². The zero-order valence-corrected chi connectivity index (χ0v) is 24.4. The molecule has 1 aliphatic heterocycles. The lowest BCUT2D eigenvalue weighted by Crippen LogP contribution is -2.60. The second kappa shape index (κ2) is 17.7. The monoisotopic (exact) mass is 604 g/mol. The number of primary amides is 1. The maximum atomic E-state index is 14.0. The van der Waals surface area contributed by atoms with E-state index in [0.717, 1.165) is 5.56 Å². The van der Waals surface area contributed by atoms with Crippen molar-refractivity contribution >= 4 is 35.6 Å². The highest BCUT2D eigenvalue weighted by Gasteiger charge is 2.39. The maximum Gasteiger partial charge on any atom is 0.326 e. The maximum absolute atomic E-state index is 14.0. The molecule has 11 N–H and O–H groups in total. The summed E-state index contributed by atoms with van der Waals surface area (Å²) in [5.41, 5.74) is 23.0. The highest BCUT2D eigenvalue weighted by molar-refractivity contribution is 5.91. The second-order valence-corrected chi connectivity index (χ2v) is 10.5. The molecule has 1 saturated heterocycles. The quantitative estimate of drug-likeness (QED) is 0.0604. The first kappa shape index (κ1) is 35.0. The fourth-order valence-electron chi connectivity index (χ4n) is 5.00. The fraction of sp³-hybridized carbons (Fsp3) is 0.571. The average molecular weight is 605 g/mol. The van der Waals surface area contributed by atoms with Crippen molar-refractivity contribution in [2.75, 3.05) is 20.2 Å². The van der Waals surface area contributed by atoms with Crippen LogP contribution in [-0.4, -0.2) is 96.0 Å². The molecule has 0 unspecified atom stereocenters. The van der Waals surface area contributed by atoms with E-state index in [1.54, 1.807) is 0 Å². The van der Waals surface area contributed by atoms with Crippen LogP contribution in [0.25, 0.3) is 0 Å². The van der Waals surface area contributed by atoms with E-state index < -0.39 is 59.9 Å². The first-order valence-corrected chi connectivity index (χ1v) is 14.2. The summed E-state index contributed by atoms with van der Waals surface area (Å²) >= 11 is 0. The Balaban J connectivity index is 2.22. The topological polar surface area (TPSA) is 259 Å². The second-order valence-electron chi connectivity index (χ2n) is 10.5. The molecule has 1 heterocycles. The van der Waals surface area contributed by atoms with E-state index in [2.05, 4.69) is 15.6 Å². The van der Waals surface area contributed by atoms with Gasteiger partial charge in [0.1, 0.15) is 12.1 Å². The Bertz CT molecular complexity index is 1130. The first-order valence-electron chi connectivity index (χ1n) is 14.2. The van der Waals surface area contributed by atoms with Gasteiger partial charge in [0, 0.05) is 33.0 Å². The number of hydrogen-bond acceptors (Lipinski definition) is 8. The Kier molecular flexibility index (Phi) is 14.4. The Labute approximate surface area is 250 Å². The number of nitrogens with one attached hydrogen (secondary N) is 2. The van der Waals surface area contributed by atoms with E-state index >= 15 is 0 Å². The molecule has 1 fully saturated rings. The third-order valence-corrected chi connectivity index (χ3v) is 7.21. The van der Waals surface area contributed by atoms with Gasteiger partial charge < -0.3 is 48.3 Å². The van der Waals surface area contributed by atoms with Gasteiger partial charge in [-0.15, -0.1) is 0 Å². The van der Waals surface area contributed by atoms with E-state index in [1.807, 2.05) is 30.3 Å². The molecule has 4 amide bonds. The van der Waals surface area contributed by atoms with Gasteiger partial charge in [-0.25, -0.2) is 4.79 Å². The number of aliphatic imine (C=N–C) groups is 1. The molecule has 1 aromatic rings. The van der Waals surface area contributed by atoms with Crippen LogP contribution in [0.1, 0.15) is 50.5 Å². The molecule has 0 bridgehead atoms. The highest BCUT2D eigenvalue weighted by Crippen LogP contribution is 2.24. The van der Waals surface area contributed by atoms with Crippen molar-refractivity contribution < 1.29 is 33.8 Å². The minimum absolute atomic E-state index is 0.0997. The average Bonchev–Trinajstić information content (AvgIpc) is 2.96. The van der Waals surface area contributed by atoms with Gasteiger partial charge in [0.05, 0.1) is 18.2 Å². The van der Waals surface area contributed by atoms with E-state index in [0.29, 0.717) is 19.3 Å². The van der Waals surface area contributed by atoms with Crippen LogP contribution < -0.4 is 33.6 Å². The third kappa shape index (κ3) is 11.9. The van der Waals surface area contributed by atoms with Crippen LogP contribution in [0.3, 0.4) is 0 Å². The molecule has 0 aliphatic carbocycles. The van der Waals surface area contributed by atoms with Crippen LogP contribution in [0, 0.1) is 0 Å². The highest BCUT2D eigenvalue weighted by atomic mass is 16.5. The van der Waals surface area contributed by atoms with Gasteiger partial charge in [-0.1, -0.05) is 30.3 Å². The number of likely N-dealkylation sites (tertiary alicyclic amines) is 1. The number of ether oxygens (including phenoxy) is 1. The summed E-state index contributed by atoms with van der Waals surface area (Å²) in [6, 6.07) is 5.24.